The number of fused-ring (bicyclic) bond motifs is 4. The van der Waals surface area contributed by atoms with Crippen LogP contribution in [0.25, 0.3) is 11.2 Å². The van der Waals surface area contributed by atoms with E-state index in [1.807, 2.05) is 36.6 Å². The Balaban J connectivity index is 1.32. The Kier molecular flexibility index (Phi) is 4.40. The largest absolute Gasteiger partial charge is 0.376 e. The minimum Gasteiger partial charge on any atom is -0.376 e. The lowest BCUT2D eigenvalue weighted by molar-refractivity contribution is -0.164. The van der Waals surface area contributed by atoms with Gasteiger partial charge >= 0.3 is 0 Å². The summed E-state index contributed by atoms with van der Waals surface area (Å²) in [6.45, 7) is 5.11. The van der Waals surface area contributed by atoms with Crippen LogP contribution >= 0.6 is 23.2 Å². The van der Waals surface area contributed by atoms with Crippen molar-refractivity contribution >= 4 is 34.4 Å². The Hall–Kier alpha value is -1.77. The van der Waals surface area contributed by atoms with Gasteiger partial charge in [-0.1, -0.05) is 41.9 Å². The van der Waals surface area contributed by atoms with Gasteiger partial charge in [0, 0.05) is 5.41 Å². The Bertz CT molecular complexity index is 1150. The van der Waals surface area contributed by atoms with Gasteiger partial charge in [0.05, 0.1) is 31.7 Å². The van der Waals surface area contributed by atoms with Crippen LogP contribution in [0.2, 0.25) is 10.4 Å². The standard InChI is InChI=1S/C22H22Cl2N4O3/c1-21(2)30-16-15(28-11-25-14-18(23)26-20(24)27-19(14)28)13-8-22(13,17(16)31-21)10-29-9-12-6-4-3-5-7-12/h3-7,11,13,15-17H,8-10H2,1-2H3/t13-,15-,16+,17+,22?/m1/s1. The highest BCUT2D eigenvalue weighted by Gasteiger charge is 2.76. The summed E-state index contributed by atoms with van der Waals surface area (Å²) in [6.07, 6.45) is 2.58. The maximum absolute atomic E-state index is 6.40. The summed E-state index contributed by atoms with van der Waals surface area (Å²) in [5.74, 6) is -0.326. The van der Waals surface area contributed by atoms with E-state index in [1.54, 1.807) is 6.33 Å². The lowest BCUT2D eigenvalue weighted by Gasteiger charge is -2.24. The second kappa shape index (κ2) is 6.86. The molecule has 31 heavy (non-hydrogen) atoms. The summed E-state index contributed by atoms with van der Waals surface area (Å²) in [4.78, 5) is 12.9. The maximum atomic E-state index is 6.40. The summed E-state index contributed by atoms with van der Waals surface area (Å²) in [6, 6.07) is 10.2. The van der Waals surface area contributed by atoms with Crippen LogP contribution in [0.4, 0.5) is 0 Å². The molecule has 1 saturated heterocycles. The van der Waals surface area contributed by atoms with Crippen LogP contribution in [0.15, 0.2) is 36.7 Å². The zero-order chi connectivity index (χ0) is 21.4. The predicted molar refractivity (Wildman–Crippen MR) is 115 cm³/mol. The number of hydrogen-bond acceptors (Lipinski definition) is 6. The highest BCUT2D eigenvalue weighted by atomic mass is 35.5. The van der Waals surface area contributed by atoms with E-state index in [0.717, 1.165) is 12.0 Å². The van der Waals surface area contributed by atoms with Gasteiger partial charge in [-0.15, -0.1) is 0 Å². The molecule has 0 spiro atoms. The summed E-state index contributed by atoms with van der Waals surface area (Å²) in [5, 5.41) is 0.353. The molecule has 5 atom stereocenters. The molecule has 3 aliphatic rings. The molecule has 1 aromatic carbocycles. The van der Waals surface area contributed by atoms with Crippen LogP contribution in [0.1, 0.15) is 31.9 Å². The predicted octanol–water partition coefficient (Wildman–Crippen LogP) is 4.43. The van der Waals surface area contributed by atoms with Crippen molar-refractivity contribution in [1.29, 1.82) is 0 Å². The first kappa shape index (κ1) is 19.9. The van der Waals surface area contributed by atoms with Crippen LogP contribution in [-0.4, -0.2) is 44.1 Å². The second-order valence-corrected chi connectivity index (χ2v) is 9.84. The first-order chi connectivity index (χ1) is 14.9. The van der Waals surface area contributed by atoms with Crippen molar-refractivity contribution in [3.05, 3.63) is 52.7 Å². The molecule has 9 heteroatoms. The van der Waals surface area contributed by atoms with Gasteiger partial charge in [-0.05, 0) is 43.4 Å². The van der Waals surface area contributed by atoms with Gasteiger partial charge in [0.1, 0.15) is 11.6 Å². The minimum atomic E-state index is -0.658. The zero-order valence-corrected chi connectivity index (χ0v) is 18.7. The second-order valence-electron chi connectivity index (χ2n) is 9.14. The minimum absolute atomic E-state index is 0.0131. The fraction of sp³-hybridized carbons (Fsp3) is 0.500. The topological polar surface area (TPSA) is 71.3 Å². The molecule has 6 rings (SSSR count). The van der Waals surface area contributed by atoms with Crippen molar-refractivity contribution in [2.45, 2.75) is 50.9 Å². The smallest absolute Gasteiger partial charge is 0.225 e. The number of ether oxygens (including phenoxy) is 3. The molecule has 3 heterocycles. The molecule has 0 bridgehead atoms. The van der Waals surface area contributed by atoms with Crippen LogP contribution in [0.5, 0.6) is 0 Å². The van der Waals surface area contributed by atoms with E-state index in [4.69, 9.17) is 37.4 Å². The fourth-order valence-corrected chi connectivity index (χ4v) is 5.88. The van der Waals surface area contributed by atoms with E-state index < -0.39 is 5.79 Å². The quantitative estimate of drug-likeness (QED) is 0.414. The van der Waals surface area contributed by atoms with Gasteiger partial charge in [0.15, 0.2) is 16.6 Å². The Morgan fingerprint density at radius 1 is 1.16 bits per heavy atom. The van der Waals surface area contributed by atoms with Crippen molar-refractivity contribution in [3.8, 4) is 0 Å². The molecular weight excluding hydrogens is 439 g/mol. The average molecular weight is 461 g/mol. The van der Waals surface area contributed by atoms with Gasteiger partial charge in [0.2, 0.25) is 5.28 Å². The fourth-order valence-electron chi connectivity index (χ4n) is 5.46. The Morgan fingerprint density at radius 2 is 1.97 bits per heavy atom. The molecule has 1 aliphatic heterocycles. The van der Waals surface area contributed by atoms with Crippen molar-refractivity contribution in [2.24, 2.45) is 11.3 Å². The monoisotopic (exact) mass is 460 g/mol. The number of aromatic nitrogens is 4. The summed E-state index contributed by atoms with van der Waals surface area (Å²) in [7, 11) is 0. The number of hydrogen-bond donors (Lipinski definition) is 0. The number of halogens is 2. The molecule has 0 radical (unpaired) electrons. The van der Waals surface area contributed by atoms with E-state index >= 15 is 0 Å². The molecular formula is C22H22Cl2N4O3. The summed E-state index contributed by atoms with van der Waals surface area (Å²) >= 11 is 12.3. The van der Waals surface area contributed by atoms with Gasteiger partial charge in [-0.25, -0.2) is 9.97 Å². The molecule has 1 unspecified atom stereocenters. The average Bonchev–Trinajstić information content (AvgIpc) is 2.98. The molecule has 2 aliphatic carbocycles. The van der Waals surface area contributed by atoms with Crippen molar-refractivity contribution in [2.75, 3.05) is 6.61 Å². The molecule has 162 valence electrons. The maximum Gasteiger partial charge on any atom is 0.225 e. The molecule has 2 aromatic heterocycles. The molecule has 3 aromatic rings. The summed E-state index contributed by atoms with van der Waals surface area (Å²) in [5.41, 5.74) is 2.23. The lowest BCUT2D eigenvalue weighted by atomic mass is 10.0. The SMILES string of the molecule is CC1(C)O[C@H]2[C@H](n3cnc4c(Cl)nc(Cl)nc43)[C@H]3CC3(COCc3ccccc3)[C@H]2O1. The van der Waals surface area contributed by atoms with E-state index in [0.29, 0.717) is 30.3 Å². The van der Waals surface area contributed by atoms with Crippen molar-refractivity contribution in [1.82, 2.24) is 19.5 Å². The van der Waals surface area contributed by atoms with Crippen LogP contribution in [-0.2, 0) is 20.8 Å². The molecule has 2 saturated carbocycles. The van der Waals surface area contributed by atoms with Crippen molar-refractivity contribution < 1.29 is 14.2 Å². The first-order valence-corrected chi connectivity index (χ1v) is 11.2. The molecule has 3 fully saturated rings. The molecule has 7 nitrogen and oxygen atoms in total. The number of imidazole rings is 1. The van der Waals surface area contributed by atoms with Crippen molar-refractivity contribution in [3.63, 3.8) is 0 Å². The lowest BCUT2D eigenvalue weighted by Crippen LogP contribution is -2.33. The summed E-state index contributed by atoms with van der Waals surface area (Å²) < 4.78 is 21.0. The van der Waals surface area contributed by atoms with Crippen LogP contribution in [0.3, 0.4) is 0 Å². The first-order valence-electron chi connectivity index (χ1n) is 10.4. The van der Waals surface area contributed by atoms with Crippen LogP contribution in [0, 0.1) is 11.3 Å². The third-order valence-corrected chi connectivity index (χ3v) is 7.21. The van der Waals surface area contributed by atoms with Crippen LogP contribution < -0.4 is 0 Å². The zero-order valence-electron chi connectivity index (χ0n) is 17.2. The highest BCUT2D eigenvalue weighted by Crippen LogP contribution is 2.71. The van der Waals surface area contributed by atoms with E-state index in [2.05, 4.69) is 27.1 Å². The third kappa shape index (κ3) is 3.09. The van der Waals surface area contributed by atoms with Gasteiger partial charge < -0.3 is 18.8 Å². The molecule has 0 amide bonds. The normalized spacial score (nSPS) is 32.9. The number of rotatable bonds is 5. The van der Waals surface area contributed by atoms with E-state index in [1.165, 1.54) is 0 Å². The van der Waals surface area contributed by atoms with Gasteiger partial charge in [0.25, 0.3) is 0 Å². The van der Waals surface area contributed by atoms with E-state index in [9.17, 15) is 0 Å². The number of benzene rings is 1. The number of nitrogens with zero attached hydrogens (tertiary/aromatic N) is 4. The Morgan fingerprint density at radius 3 is 2.77 bits per heavy atom. The molecule has 0 N–H and O–H groups in total. The van der Waals surface area contributed by atoms with Gasteiger partial charge in [-0.3, -0.25) is 0 Å². The van der Waals surface area contributed by atoms with Gasteiger partial charge in [-0.2, -0.15) is 4.98 Å². The third-order valence-electron chi connectivity index (χ3n) is 6.78. The Labute approximate surface area is 189 Å². The highest BCUT2D eigenvalue weighted by molar-refractivity contribution is 6.35. The van der Waals surface area contributed by atoms with E-state index in [-0.39, 0.29) is 34.1 Å².